The Kier molecular flexibility index (Phi) is 3.89. The topological polar surface area (TPSA) is 45.1 Å². The maximum Gasteiger partial charge on any atom is 0.129 e. The lowest BCUT2D eigenvalue weighted by atomic mass is 10.1. The first-order chi connectivity index (χ1) is 6.65. The molecule has 0 amide bonds. The molecule has 1 aromatic heterocycles. The first-order valence-corrected chi connectivity index (χ1v) is 5.01. The fourth-order valence-electron chi connectivity index (χ4n) is 1.30. The second-order valence-corrected chi connectivity index (χ2v) is 3.58. The van der Waals surface area contributed by atoms with Crippen molar-refractivity contribution in [1.29, 1.82) is 0 Å². The third-order valence-corrected chi connectivity index (χ3v) is 2.37. The molecule has 0 bridgehead atoms. The lowest BCUT2D eigenvalue weighted by Crippen LogP contribution is -2.30. The number of aryl methyl sites for hydroxylation is 1. The SMILES string of the molecule is CCC(O)C(C)Nc1ncccc1C. The zero-order valence-corrected chi connectivity index (χ0v) is 8.99. The van der Waals surface area contributed by atoms with Gasteiger partial charge in [0.05, 0.1) is 12.1 Å². The first kappa shape index (κ1) is 11.0. The van der Waals surface area contributed by atoms with Crippen LogP contribution in [-0.4, -0.2) is 22.2 Å². The number of aliphatic hydroxyl groups excluding tert-OH is 1. The molecule has 78 valence electrons. The van der Waals surface area contributed by atoms with Crippen LogP contribution in [0.5, 0.6) is 0 Å². The van der Waals surface area contributed by atoms with E-state index >= 15 is 0 Å². The van der Waals surface area contributed by atoms with Crippen LogP contribution < -0.4 is 5.32 Å². The molecular weight excluding hydrogens is 176 g/mol. The van der Waals surface area contributed by atoms with Gasteiger partial charge in [-0.1, -0.05) is 13.0 Å². The number of pyridine rings is 1. The van der Waals surface area contributed by atoms with Crippen LogP contribution in [0.4, 0.5) is 5.82 Å². The second-order valence-electron chi connectivity index (χ2n) is 3.58. The number of rotatable bonds is 4. The summed E-state index contributed by atoms with van der Waals surface area (Å²) in [6, 6.07) is 3.94. The summed E-state index contributed by atoms with van der Waals surface area (Å²) >= 11 is 0. The number of nitrogens with one attached hydrogen (secondary N) is 1. The van der Waals surface area contributed by atoms with Crippen LogP contribution in [0, 0.1) is 6.92 Å². The number of hydrogen-bond donors (Lipinski definition) is 2. The minimum absolute atomic E-state index is 0.0357. The van der Waals surface area contributed by atoms with Crippen LogP contribution in [0.1, 0.15) is 25.8 Å². The van der Waals surface area contributed by atoms with Gasteiger partial charge < -0.3 is 10.4 Å². The summed E-state index contributed by atoms with van der Waals surface area (Å²) in [5.74, 6) is 0.854. The van der Waals surface area contributed by atoms with Gasteiger partial charge in [-0.2, -0.15) is 0 Å². The Bertz CT molecular complexity index is 288. The second kappa shape index (κ2) is 4.96. The molecule has 14 heavy (non-hydrogen) atoms. The summed E-state index contributed by atoms with van der Waals surface area (Å²) in [7, 11) is 0. The van der Waals surface area contributed by atoms with E-state index in [9.17, 15) is 5.11 Å². The van der Waals surface area contributed by atoms with E-state index in [1.807, 2.05) is 32.9 Å². The fraction of sp³-hybridized carbons (Fsp3) is 0.545. The molecule has 3 heteroatoms. The molecule has 3 nitrogen and oxygen atoms in total. The summed E-state index contributed by atoms with van der Waals surface area (Å²) in [6.07, 6.45) is 2.18. The predicted molar refractivity (Wildman–Crippen MR) is 58.4 cm³/mol. The van der Waals surface area contributed by atoms with Crippen LogP contribution in [-0.2, 0) is 0 Å². The number of aliphatic hydroxyl groups is 1. The number of hydrogen-bond acceptors (Lipinski definition) is 3. The molecule has 0 fully saturated rings. The third kappa shape index (κ3) is 2.70. The molecular formula is C11H18N2O. The van der Waals surface area contributed by atoms with Crippen LogP contribution in [0.15, 0.2) is 18.3 Å². The molecule has 1 rings (SSSR count). The zero-order chi connectivity index (χ0) is 10.6. The molecule has 0 aliphatic heterocycles. The minimum atomic E-state index is -0.323. The van der Waals surface area contributed by atoms with E-state index in [2.05, 4.69) is 10.3 Å². The molecule has 0 aromatic carbocycles. The van der Waals surface area contributed by atoms with Gasteiger partial charge >= 0.3 is 0 Å². The van der Waals surface area contributed by atoms with E-state index in [1.54, 1.807) is 6.20 Å². The van der Waals surface area contributed by atoms with Crippen molar-refractivity contribution < 1.29 is 5.11 Å². The molecule has 2 unspecified atom stereocenters. The Morgan fingerprint density at radius 2 is 2.29 bits per heavy atom. The molecule has 0 saturated carbocycles. The molecule has 0 aliphatic carbocycles. The van der Waals surface area contributed by atoms with Gasteiger partial charge in [0.25, 0.3) is 0 Å². The van der Waals surface area contributed by atoms with E-state index in [1.165, 1.54) is 0 Å². The summed E-state index contributed by atoms with van der Waals surface area (Å²) in [5.41, 5.74) is 1.10. The molecule has 2 N–H and O–H groups in total. The van der Waals surface area contributed by atoms with Crippen LogP contribution >= 0.6 is 0 Å². The Labute approximate surface area is 85.2 Å². The zero-order valence-electron chi connectivity index (χ0n) is 8.99. The van der Waals surface area contributed by atoms with Crippen molar-refractivity contribution in [3.63, 3.8) is 0 Å². The molecule has 0 aliphatic rings. The molecule has 0 saturated heterocycles. The maximum absolute atomic E-state index is 9.59. The Morgan fingerprint density at radius 1 is 1.57 bits per heavy atom. The van der Waals surface area contributed by atoms with Gasteiger partial charge in [-0.05, 0) is 31.9 Å². The highest BCUT2D eigenvalue weighted by Gasteiger charge is 2.12. The van der Waals surface area contributed by atoms with Crippen LogP contribution in [0.25, 0.3) is 0 Å². The van der Waals surface area contributed by atoms with Gasteiger partial charge in [0.2, 0.25) is 0 Å². The normalized spacial score (nSPS) is 14.9. The Hall–Kier alpha value is -1.09. The standard InChI is InChI=1S/C11H18N2O/c1-4-10(14)9(3)13-11-8(2)6-5-7-12-11/h5-7,9-10,14H,4H2,1-3H3,(H,12,13). The average molecular weight is 194 g/mol. The van der Waals surface area contributed by atoms with E-state index in [4.69, 9.17) is 0 Å². The van der Waals surface area contributed by atoms with Crippen LogP contribution in [0.2, 0.25) is 0 Å². The molecule has 2 atom stereocenters. The summed E-state index contributed by atoms with van der Waals surface area (Å²) in [5, 5.41) is 12.8. The van der Waals surface area contributed by atoms with Gasteiger partial charge in [0.1, 0.15) is 5.82 Å². The van der Waals surface area contributed by atoms with Gasteiger partial charge in [-0.25, -0.2) is 4.98 Å². The van der Waals surface area contributed by atoms with Crippen molar-refractivity contribution in [3.8, 4) is 0 Å². The van der Waals surface area contributed by atoms with Crippen molar-refractivity contribution in [2.75, 3.05) is 5.32 Å². The quantitative estimate of drug-likeness (QED) is 0.770. The van der Waals surface area contributed by atoms with E-state index in [-0.39, 0.29) is 12.1 Å². The predicted octanol–water partition coefficient (Wildman–Crippen LogP) is 1.96. The summed E-state index contributed by atoms with van der Waals surface area (Å²) in [6.45, 7) is 5.93. The Morgan fingerprint density at radius 3 is 2.86 bits per heavy atom. The lowest BCUT2D eigenvalue weighted by molar-refractivity contribution is 0.154. The highest BCUT2D eigenvalue weighted by atomic mass is 16.3. The molecule has 1 aromatic rings. The number of anilines is 1. The third-order valence-electron chi connectivity index (χ3n) is 2.37. The summed E-state index contributed by atoms with van der Waals surface area (Å²) in [4.78, 5) is 4.21. The number of nitrogens with zero attached hydrogens (tertiary/aromatic N) is 1. The minimum Gasteiger partial charge on any atom is -0.391 e. The van der Waals surface area contributed by atoms with Crippen molar-refractivity contribution in [3.05, 3.63) is 23.9 Å². The highest BCUT2D eigenvalue weighted by Crippen LogP contribution is 2.12. The molecule has 0 spiro atoms. The van der Waals surface area contributed by atoms with Gasteiger partial charge in [-0.15, -0.1) is 0 Å². The first-order valence-electron chi connectivity index (χ1n) is 5.01. The monoisotopic (exact) mass is 194 g/mol. The highest BCUT2D eigenvalue weighted by molar-refractivity contribution is 5.43. The van der Waals surface area contributed by atoms with Crippen LogP contribution in [0.3, 0.4) is 0 Å². The molecule has 0 radical (unpaired) electrons. The van der Waals surface area contributed by atoms with E-state index < -0.39 is 0 Å². The fourth-order valence-corrected chi connectivity index (χ4v) is 1.30. The van der Waals surface area contributed by atoms with Crippen molar-refractivity contribution in [2.24, 2.45) is 0 Å². The summed E-state index contributed by atoms with van der Waals surface area (Å²) < 4.78 is 0. The van der Waals surface area contributed by atoms with E-state index in [0.29, 0.717) is 0 Å². The van der Waals surface area contributed by atoms with Crippen molar-refractivity contribution in [2.45, 2.75) is 39.3 Å². The molecule has 1 heterocycles. The Balaban J connectivity index is 2.64. The van der Waals surface area contributed by atoms with Gasteiger partial charge in [0.15, 0.2) is 0 Å². The smallest absolute Gasteiger partial charge is 0.129 e. The van der Waals surface area contributed by atoms with E-state index in [0.717, 1.165) is 17.8 Å². The maximum atomic E-state index is 9.59. The van der Waals surface area contributed by atoms with Gasteiger partial charge in [0, 0.05) is 6.20 Å². The average Bonchev–Trinajstić information content (AvgIpc) is 2.20. The van der Waals surface area contributed by atoms with Gasteiger partial charge in [-0.3, -0.25) is 0 Å². The van der Waals surface area contributed by atoms with Crippen molar-refractivity contribution >= 4 is 5.82 Å². The lowest BCUT2D eigenvalue weighted by Gasteiger charge is -2.20. The largest absolute Gasteiger partial charge is 0.391 e. The van der Waals surface area contributed by atoms with Crippen molar-refractivity contribution in [1.82, 2.24) is 4.98 Å². The number of aromatic nitrogens is 1.